The molecule has 10 heavy (non-hydrogen) atoms. The van der Waals surface area contributed by atoms with Crippen LogP contribution in [0, 0.1) is 11.8 Å². The monoisotopic (exact) mass is 159 g/mol. The summed E-state index contributed by atoms with van der Waals surface area (Å²) in [5, 5.41) is 3.22. The molecule has 1 rings (SSSR count). The van der Waals surface area contributed by atoms with Crippen LogP contribution >= 0.6 is 11.8 Å². The molecule has 2 nitrogen and oxygen atoms in total. The molecule has 58 valence electrons. The van der Waals surface area contributed by atoms with Gasteiger partial charge < -0.3 is 5.32 Å². The second kappa shape index (κ2) is 2.82. The van der Waals surface area contributed by atoms with E-state index in [1.807, 2.05) is 6.26 Å². The fraction of sp³-hybridized carbons (Fsp3) is 0.857. The average Bonchev–Trinajstić information content (AvgIpc) is 1.80. The van der Waals surface area contributed by atoms with Gasteiger partial charge in [-0.1, -0.05) is 13.8 Å². The fourth-order valence-corrected chi connectivity index (χ4v) is 2.19. The Morgan fingerprint density at radius 1 is 1.60 bits per heavy atom. The van der Waals surface area contributed by atoms with E-state index in [2.05, 4.69) is 19.2 Å². The van der Waals surface area contributed by atoms with Crippen molar-refractivity contribution in [3.8, 4) is 0 Å². The Kier molecular flexibility index (Phi) is 2.24. The molecule has 0 aliphatic carbocycles. The zero-order valence-electron chi connectivity index (χ0n) is 6.55. The predicted molar refractivity (Wildman–Crippen MR) is 43.8 cm³/mol. The fourth-order valence-electron chi connectivity index (χ4n) is 1.23. The van der Waals surface area contributed by atoms with Gasteiger partial charge in [0.1, 0.15) is 0 Å². The maximum absolute atomic E-state index is 10.9. The third kappa shape index (κ3) is 1.15. The first-order valence-corrected chi connectivity index (χ1v) is 4.78. The van der Waals surface area contributed by atoms with Crippen molar-refractivity contribution in [1.29, 1.82) is 0 Å². The molecule has 0 saturated carbocycles. The van der Waals surface area contributed by atoms with Gasteiger partial charge in [0.25, 0.3) is 0 Å². The van der Waals surface area contributed by atoms with Crippen molar-refractivity contribution in [2.45, 2.75) is 19.2 Å². The second-order valence-corrected chi connectivity index (χ2v) is 3.91. The van der Waals surface area contributed by atoms with E-state index >= 15 is 0 Å². The van der Waals surface area contributed by atoms with Gasteiger partial charge in [-0.15, -0.1) is 11.8 Å². The predicted octanol–water partition coefficient (Wildman–Crippen LogP) is 1.08. The van der Waals surface area contributed by atoms with Gasteiger partial charge in [-0.05, 0) is 12.2 Å². The number of carbonyl (C=O) groups is 1. The molecule has 0 aromatic carbocycles. The maximum atomic E-state index is 10.9. The number of amides is 1. The maximum Gasteiger partial charge on any atom is 0.227 e. The lowest BCUT2D eigenvalue weighted by Gasteiger charge is -2.37. The van der Waals surface area contributed by atoms with E-state index in [1.165, 1.54) is 0 Å². The standard InChI is InChI=1S/C7H13NOS/c1-4(2)5-6(9)8-7(5)10-3/h4-5,7H,1-3H3,(H,8,9). The third-order valence-electron chi connectivity index (χ3n) is 1.89. The van der Waals surface area contributed by atoms with Crippen LogP contribution in [0.3, 0.4) is 0 Å². The van der Waals surface area contributed by atoms with Crippen LogP contribution in [0.15, 0.2) is 0 Å². The molecule has 3 heteroatoms. The van der Waals surface area contributed by atoms with Crippen molar-refractivity contribution in [3.63, 3.8) is 0 Å². The van der Waals surface area contributed by atoms with E-state index in [9.17, 15) is 4.79 Å². The number of hydrogen-bond acceptors (Lipinski definition) is 2. The van der Waals surface area contributed by atoms with E-state index < -0.39 is 0 Å². The number of hydrogen-bond donors (Lipinski definition) is 1. The van der Waals surface area contributed by atoms with Gasteiger partial charge in [0, 0.05) is 0 Å². The summed E-state index contributed by atoms with van der Waals surface area (Å²) < 4.78 is 0. The minimum atomic E-state index is 0.217. The summed E-state index contributed by atoms with van der Waals surface area (Å²) in [6, 6.07) is 0. The summed E-state index contributed by atoms with van der Waals surface area (Å²) in [5.41, 5.74) is 0. The minimum absolute atomic E-state index is 0.217. The van der Waals surface area contributed by atoms with Gasteiger partial charge in [0.2, 0.25) is 5.91 Å². The molecule has 0 radical (unpaired) electrons. The van der Waals surface area contributed by atoms with Gasteiger partial charge in [-0.2, -0.15) is 0 Å². The van der Waals surface area contributed by atoms with Crippen LogP contribution < -0.4 is 5.32 Å². The van der Waals surface area contributed by atoms with Crippen LogP contribution in [0.2, 0.25) is 0 Å². The van der Waals surface area contributed by atoms with Gasteiger partial charge >= 0.3 is 0 Å². The Bertz CT molecular complexity index is 147. The van der Waals surface area contributed by atoms with Crippen LogP contribution in [-0.4, -0.2) is 17.5 Å². The van der Waals surface area contributed by atoms with Gasteiger partial charge in [0.15, 0.2) is 0 Å². The molecule has 2 atom stereocenters. The Hall–Kier alpha value is -0.180. The summed E-state index contributed by atoms with van der Waals surface area (Å²) in [5.74, 6) is 0.940. The molecule has 2 unspecified atom stereocenters. The summed E-state index contributed by atoms with van der Waals surface area (Å²) in [4.78, 5) is 10.9. The number of thioether (sulfide) groups is 1. The highest BCUT2D eigenvalue weighted by Gasteiger charge is 2.40. The van der Waals surface area contributed by atoms with E-state index in [-0.39, 0.29) is 11.8 Å². The van der Waals surface area contributed by atoms with Gasteiger partial charge in [-0.25, -0.2) is 0 Å². The second-order valence-electron chi connectivity index (χ2n) is 2.93. The molecule has 1 N–H and O–H groups in total. The van der Waals surface area contributed by atoms with Crippen molar-refractivity contribution < 1.29 is 4.79 Å². The lowest BCUT2D eigenvalue weighted by molar-refractivity contribution is -0.134. The first kappa shape index (κ1) is 7.92. The number of nitrogens with one attached hydrogen (secondary N) is 1. The van der Waals surface area contributed by atoms with Crippen LogP contribution in [0.25, 0.3) is 0 Å². The zero-order valence-corrected chi connectivity index (χ0v) is 7.37. The molecular weight excluding hydrogens is 146 g/mol. The van der Waals surface area contributed by atoms with Crippen molar-refractivity contribution in [2.75, 3.05) is 6.26 Å². The molecule has 1 aliphatic rings. The third-order valence-corrected chi connectivity index (χ3v) is 2.80. The quantitative estimate of drug-likeness (QED) is 0.611. The number of β-lactam (4-membered cyclic amide) rings is 1. The van der Waals surface area contributed by atoms with E-state index in [0.29, 0.717) is 11.3 Å². The van der Waals surface area contributed by atoms with Crippen LogP contribution in [-0.2, 0) is 4.79 Å². The summed E-state index contributed by atoms with van der Waals surface area (Å²) >= 11 is 1.72. The van der Waals surface area contributed by atoms with Gasteiger partial charge in [-0.3, -0.25) is 4.79 Å². The lowest BCUT2D eigenvalue weighted by Crippen LogP contribution is -2.58. The zero-order chi connectivity index (χ0) is 7.72. The molecule has 1 heterocycles. The number of carbonyl (C=O) groups excluding carboxylic acids is 1. The minimum Gasteiger partial charge on any atom is -0.343 e. The van der Waals surface area contributed by atoms with Gasteiger partial charge in [0.05, 0.1) is 11.3 Å². The molecular formula is C7H13NOS. The molecule has 0 aromatic heterocycles. The Morgan fingerprint density at radius 2 is 2.20 bits per heavy atom. The van der Waals surface area contributed by atoms with E-state index in [4.69, 9.17) is 0 Å². The lowest BCUT2D eigenvalue weighted by atomic mass is 9.89. The molecule has 0 spiro atoms. The van der Waals surface area contributed by atoms with Crippen molar-refractivity contribution in [3.05, 3.63) is 0 Å². The highest BCUT2D eigenvalue weighted by Crippen LogP contribution is 2.29. The highest BCUT2D eigenvalue weighted by atomic mass is 32.2. The smallest absolute Gasteiger partial charge is 0.227 e. The Balaban J connectivity index is 2.48. The SMILES string of the molecule is CSC1NC(=O)C1C(C)C. The average molecular weight is 159 g/mol. The normalized spacial score (nSPS) is 31.8. The van der Waals surface area contributed by atoms with Crippen molar-refractivity contribution >= 4 is 17.7 Å². The first-order chi connectivity index (χ1) is 4.66. The molecule has 0 bridgehead atoms. The van der Waals surface area contributed by atoms with Crippen LogP contribution in [0.5, 0.6) is 0 Å². The summed E-state index contributed by atoms with van der Waals surface area (Å²) in [6.07, 6.45) is 2.03. The largest absolute Gasteiger partial charge is 0.343 e. The molecule has 1 saturated heterocycles. The van der Waals surface area contributed by atoms with E-state index in [0.717, 1.165) is 0 Å². The van der Waals surface area contributed by atoms with Crippen molar-refractivity contribution in [1.82, 2.24) is 5.32 Å². The topological polar surface area (TPSA) is 29.1 Å². The van der Waals surface area contributed by atoms with Crippen molar-refractivity contribution in [2.24, 2.45) is 11.8 Å². The van der Waals surface area contributed by atoms with E-state index in [1.54, 1.807) is 11.8 Å². The van der Waals surface area contributed by atoms with Crippen LogP contribution in [0.1, 0.15) is 13.8 Å². The molecule has 0 aromatic rings. The Labute approximate surface area is 65.8 Å². The van der Waals surface area contributed by atoms with Crippen LogP contribution in [0.4, 0.5) is 0 Å². The Morgan fingerprint density at radius 3 is 2.40 bits per heavy atom. The summed E-state index contributed by atoms with van der Waals surface area (Å²) in [6.45, 7) is 4.18. The molecule has 1 fully saturated rings. The molecule has 1 aliphatic heterocycles. The summed E-state index contributed by atoms with van der Waals surface area (Å²) in [7, 11) is 0. The highest BCUT2D eigenvalue weighted by molar-refractivity contribution is 7.99. The number of rotatable bonds is 2. The first-order valence-electron chi connectivity index (χ1n) is 3.50. The molecule has 1 amide bonds.